The number of thiophene rings is 1. The molecule has 1 amide bonds. The van der Waals surface area contributed by atoms with Crippen LogP contribution >= 0.6 is 11.3 Å². The van der Waals surface area contributed by atoms with Gasteiger partial charge in [-0.25, -0.2) is 8.42 Å². The highest BCUT2D eigenvalue weighted by Gasteiger charge is 2.24. The summed E-state index contributed by atoms with van der Waals surface area (Å²) in [4.78, 5) is 16.1. The van der Waals surface area contributed by atoms with Gasteiger partial charge in [0, 0.05) is 17.4 Å². The summed E-state index contributed by atoms with van der Waals surface area (Å²) in [6, 6.07) is 8.35. The lowest BCUT2D eigenvalue weighted by Gasteiger charge is -2.32. The lowest BCUT2D eigenvalue weighted by atomic mass is 10.1. The van der Waals surface area contributed by atoms with Crippen molar-refractivity contribution in [1.82, 2.24) is 4.90 Å². The fourth-order valence-electron chi connectivity index (χ4n) is 2.91. The molecule has 1 aliphatic heterocycles. The first-order chi connectivity index (χ1) is 11.4. The first-order valence-corrected chi connectivity index (χ1v) is 10.7. The maximum Gasteiger partial charge on any atom is 0.254 e. The van der Waals surface area contributed by atoms with Gasteiger partial charge in [-0.3, -0.25) is 4.79 Å². The van der Waals surface area contributed by atoms with Crippen LogP contribution in [-0.4, -0.2) is 51.7 Å². The van der Waals surface area contributed by atoms with Crippen molar-refractivity contribution in [1.29, 1.82) is 0 Å². The number of rotatable bonds is 4. The molecule has 1 aromatic heterocycles. The standard InChI is InChI=1S/C17H20N2O3S2/c1-24(21,22)16-4-2-15(3-5-16)17(20)19-9-7-18(8-10-19)12-14-6-11-23-13-14/h2-6,11,13H,7-10,12H2,1H3/p+1. The van der Waals surface area contributed by atoms with Crippen LogP contribution in [0.1, 0.15) is 15.9 Å². The van der Waals surface area contributed by atoms with Crippen LogP contribution in [0, 0.1) is 0 Å². The highest BCUT2D eigenvalue weighted by molar-refractivity contribution is 7.90. The Bertz CT molecular complexity index is 791. The average Bonchev–Trinajstić information content (AvgIpc) is 3.07. The van der Waals surface area contributed by atoms with Crippen LogP contribution in [0.4, 0.5) is 0 Å². The normalized spacial score (nSPS) is 16.3. The number of carbonyl (C=O) groups is 1. The molecule has 1 saturated heterocycles. The van der Waals surface area contributed by atoms with Gasteiger partial charge in [-0.15, -0.1) is 0 Å². The van der Waals surface area contributed by atoms with E-state index >= 15 is 0 Å². The van der Waals surface area contributed by atoms with E-state index in [1.54, 1.807) is 23.5 Å². The summed E-state index contributed by atoms with van der Waals surface area (Å²) in [6.07, 6.45) is 1.17. The molecule has 0 radical (unpaired) electrons. The molecular weight excluding hydrogens is 344 g/mol. The van der Waals surface area contributed by atoms with Crippen molar-refractivity contribution in [3.63, 3.8) is 0 Å². The number of piperazine rings is 1. The van der Waals surface area contributed by atoms with Gasteiger partial charge in [0.15, 0.2) is 9.84 Å². The van der Waals surface area contributed by atoms with E-state index in [2.05, 4.69) is 16.8 Å². The maximum absolute atomic E-state index is 12.6. The van der Waals surface area contributed by atoms with E-state index in [0.717, 1.165) is 32.7 Å². The van der Waals surface area contributed by atoms with Gasteiger partial charge in [0.05, 0.1) is 31.1 Å². The number of amides is 1. The molecule has 0 aliphatic carbocycles. The van der Waals surface area contributed by atoms with Gasteiger partial charge in [0.25, 0.3) is 5.91 Å². The van der Waals surface area contributed by atoms with Crippen molar-refractivity contribution in [2.24, 2.45) is 0 Å². The minimum absolute atomic E-state index is 0.0235. The number of hydrogen-bond donors (Lipinski definition) is 1. The zero-order valence-electron chi connectivity index (χ0n) is 13.6. The van der Waals surface area contributed by atoms with E-state index in [9.17, 15) is 13.2 Å². The van der Waals surface area contributed by atoms with Gasteiger partial charge >= 0.3 is 0 Å². The Labute approximate surface area is 146 Å². The van der Waals surface area contributed by atoms with Gasteiger partial charge in [-0.05, 0) is 41.1 Å². The molecule has 2 aromatic rings. The Kier molecular flexibility index (Phi) is 5.03. The molecule has 128 valence electrons. The molecular formula is C17H21N2O3S2+. The van der Waals surface area contributed by atoms with Gasteiger partial charge in [-0.2, -0.15) is 11.3 Å². The second-order valence-electron chi connectivity index (χ2n) is 6.15. The third-order valence-electron chi connectivity index (χ3n) is 4.32. The summed E-state index contributed by atoms with van der Waals surface area (Å²) >= 11 is 1.71. The number of benzene rings is 1. The highest BCUT2D eigenvalue weighted by atomic mass is 32.2. The third kappa shape index (κ3) is 4.03. The first-order valence-electron chi connectivity index (χ1n) is 7.87. The highest BCUT2D eigenvalue weighted by Crippen LogP contribution is 2.12. The Balaban J connectivity index is 1.59. The van der Waals surface area contributed by atoms with Crippen LogP contribution in [0.3, 0.4) is 0 Å². The fraction of sp³-hybridized carbons (Fsp3) is 0.353. The van der Waals surface area contributed by atoms with E-state index in [-0.39, 0.29) is 10.8 Å². The fourth-order valence-corrected chi connectivity index (χ4v) is 4.21. The van der Waals surface area contributed by atoms with E-state index in [1.807, 2.05) is 4.90 Å². The molecule has 0 spiro atoms. The van der Waals surface area contributed by atoms with Gasteiger partial charge < -0.3 is 9.80 Å². The van der Waals surface area contributed by atoms with Crippen molar-refractivity contribution < 1.29 is 18.1 Å². The van der Waals surface area contributed by atoms with Crippen molar-refractivity contribution in [2.45, 2.75) is 11.4 Å². The molecule has 0 saturated carbocycles. The Hall–Kier alpha value is -1.70. The molecule has 2 heterocycles. The minimum atomic E-state index is -3.23. The number of nitrogens with zero attached hydrogens (tertiary/aromatic N) is 1. The molecule has 1 N–H and O–H groups in total. The Morgan fingerprint density at radius 2 is 1.83 bits per heavy atom. The number of quaternary nitrogens is 1. The lowest BCUT2D eigenvalue weighted by Crippen LogP contribution is -3.13. The summed E-state index contributed by atoms with van der Waals surface area (Å²) in [7, 11) is -3.23. The second-order valence-corrected chi connectivity index (χ2v) is 8.94. The maximum atomic E-state index is 12.6. The van der Waals surface area contributed by atoms with E-state index in [4.69, 9.17) is 0 Å². The summed E-state index contributed by atoms with van der Waals surface area (Å²) in [5, 5.41) is 4.27. The molecule has 1 aliphatic rings. The smallest absolute Gasteiger partial charge is 0.254 e. The largest absolute Gasteiger partial charge is 0.328 e. The summed E-state index contributed by atoms with van der Waals surface area (Å²) in [5.74, 6) is -0.0235. The Morgan fingerprint density at radius 3 is 2.38 bits per heavy atom. The SMILES string of the molecule is CS(=O)(=O)c1ccc(C(=O)N2CC[NH+](Cc3ccsc3)CC2)cc1. The van der Waals surface area contributed by atoms with E-state index < -0.39 is 9.84 Å². The molecule has 24 heavy (non-hydrogen) atoms. The first kappa shape index (κ1) is 17.1. The van der Waals surface area contributed by atoms with E-state index in [0.29, 0.717) is 5.56 Å². The predicted octanol–water partition coefficient (Wildman–Crippen LogP) is 0.693. The van der Waals surface area contributed by atoms with Crippen LogP contribution in [0.25, 0.3) is 0 Å². The van der Waals surface area contributed by atoms with Crippen LogP contribution in [0.15, 0.2) is 46.0 Å². The monoisotopic (exact) mass is 365 g/mol. The number of carbonyl (C=O) groups excluding carboxylic acids is 1. The molecule has 1 fully saturated rings. The predicted molar refractivity (Wildman–Crippen MR) is 94.2 cm³/mol. The molecule has 5 nitrogen and oxygen atoms in total. The Morgan fingerprint density at radius 1 is 1.17 bits per heavy atom. The van der Waals surface area contributed by atoms with Crippen molar-refractivity contribution in [3.8, 4) is 0 Å². The topological polar surface area (TPSA) is 58.9 Å². The zero-order valence-corrected chi connectivity index (χ0v) is 15.2. The molecule has 0 bridgehead atoms. The van der Waals surface area contributed by atoms with Crippen molar-refractivity contribution >= 4 is 27.1 Å². The molecule has 0 unspecified atom stereocenters. The summed E-state index contributed by atoms with van der Waals surface area (Å²) in [6.45, 7) is 4.33. The quantitative estimate of drug-likeness (QED) is 0.867. The van der Waals surface area contributed by atoms with E-state index in [1.165, 1.54) is 28.9 Å². The van der Waals surface area contributed by atoms with Crippen LogP contribution in [0.5, 0.6) is 0 Å². The van der Waals surface area contributed by atoms with Gasteiger partial charge in [0.1, 0.15) is 6.54 Å². The molecule has 1 aromatic carbocycles. The van der Waals surface area contributed by atoms with Crippen molar-refractivity contribution in [3.05, 3.63) is 52.2 Å². The summed E-state index contributed by atoms with van der Waals surface area (Å²) < 4.78 is 23.0. The molecule has 7 heteroatoms. The second kappa shape index (κ2) is 7.04. The van der Waals surface area contributed by atoms with Crippen LogP contribution in [-0.2, 0) is 16.4 Å². The number of nitrogens with one attached hydrogen (secondary N) is 1. The van der Waals surface area contributed by atoms with Gasteiger partial charge in [0.2, 0.25) is 0 Å². The van der Waals surface area contributed by atoms with Gasteiger partial charge in [-0.1, -0.05) is 0 Å². The molecule has 3 rings (SSSR count). The minimum Gasteiger partial charge on any atom is -0.328 e. The third-order valence-corrected chi connectivity index (χ3v) is 6.18. The number of hydrogen-bond acceptors (Lipinski definition) is 4. The van der Waals surface area contributed by atoms with Crippen LogP contribution in [0.2, 0.25) is 0 Å². The lowest BCUT2D eigenvalue weighted by molar-refractivity contribution is -0.917. The summed E-state index contributed by atoms with van der Waals surface area (Å²) in [5.41, 5.74) is 1.90. The van der Waals surface area contributed by atoms with Crippen molar-refractivity contribution in [2.75, 3.05) is 32.4 Å². The zero-order chi connectivity index (χ0) is 17.2. The molecule has 0 atom stereocenters. The average molecular weight is 366 g/mol. The van der Waals surface area contributed by atoms with Crippen LogP contribution < -0.4 is 4.90 Å². The number of sulfone groups is 1.